The van der Waals surface area contributed by atoms with Gasteiger partial charge in [0.15, 0.2) is 17.6 Å². The summed E-state index contributed by atoms with van der Waals surface area (Å²) in [6, 6.07) is 12.1. The van der Waals surface area contributed by atoms with Crippen molar-refractivity contribution in [1.29, 1.82) is 0 Å². The number of hydrogen-bond donors (Lipinski definition) is 1. The third kappa shape index (κ3) is 5.24. The van der Waals surface area contributed by atoms with Crippen molar-refractivity contribution in [3.05, 3.63) is 59.1 Å². The van der Waals surface area contributed by atoms with Gasteiger partial charge in [-0.3, -0.25) is 4.79 Å². The lowest BCUT2D eigenvalue weighted by atomic mass is 10.2. The maximum atomic E-state index is 12.1. The molecule has 7 heteroatoms. The van der Waals surface area contributed by atoms with E-state index in [4.69, 9.17) is 25.8 Å². The fourth-order valence-electron chi connectivity index (χ4n) is 2.41. The van der Waals surface area contributed by atoms with E-state index in [1.807, 2.05) is 0 Å². The maximum Gasteiger partial charge on any atom is 0.331 e. The van der Waals surface area contributed by atoms with Crippen molar-refractivity contribution in [2.24, 2.45) is 0 Å². The van der Waals surface area contributed by atoms with Crippen LogP contribution in [0.3, 0.4) is 0 Å². The Hall–Kier alpha value is -2.99. The van der Waals surface area contributed by atoms with Crippen LogP contribution in [0.15, 0.2) is 48.5 Å². The second-order valence-electron chi connectivity index (χ2n) is 5.82. The van der Waals surface area contributed by atoms with Crippen LogP contribution < -0.4 is 14.8 Å². The highest BCUT2D eigenvalue weighted by Gasteiger charge is 2.17. The van der Waals surface area contributed by atoms with Crippen LogP contribution in [0.1, 0.15) is 12.5 Å². The van der Waals surface area contributed by atoms with E-state index in [2.05, 4.69) is 5.32 Å². The summed E-state index contributed by atoms with van der Waals surface area (Å²) in [5.41, 5.74) is 1.29. The number of halogens is 1. The lowest BCUT2D eigenvalue weighted by Gasteiger charge is -2.18. The average molecular weight is 388 g/mol. The van der Waals surface area contributed by atoms with Crippen LogP contribution in [-0.4, -0.2) is 31.2 Å². The number of nitrogens with one attached hydrogen (secondary N) is 1. The van der Waals surface area contributed by atoms with E-state index in [1.54, 1.807) is 48.5 Å². The van der Waals surface area contributed by atoms with E-state index < -0.39 is 18.0 Å². The molecule has 1 aliphatic heterocycles. The number of carbonyl (C=O) groups is 2. The fourth-order valence-corrected chi connectivity index (χ4v) is 2.60. The third-order valence-electron chi connectivity index (χ3n) is 3.73. The highest BCUT2D eigenvalue weighted by Crippen LogP contribution is 2.31. The van der Waals surface area contributed by atoms with Crippen molar-refractivity contribution in [3.8, 4) is 11.5 Å². The van der Waals surface area contributed by atoms with Crippen LogP contribution in [0.2, 0.25) is 5.02 Å². The molecule has 2 aromatic carbocycles. The van der Waals surface area contributed by atoms with Gasteiger partial charge in [0.25, 0.3) is 5.91 Å². The zero-order valence-corrected chi connectivity index (χ0v) is 15.4. The molecule has 0 aliphatic carbocycles. The van der Waals surface area contributed by atoms with E-state index in [9.17, 15) is 9.59 Å². The summed E-state index contributed by atoms with van der Waals surface area (Å²) in [5.74, 6) is 0.232. The molecule has 1 N–H and O–H groups in total. The predicted octanol–water partition coefficient (Wildman–Crippen LogP) is 3.69. The van der Waals surface area contributed by atoms with Crippen LogP contribution >= 0.6 is 11.6 Å². The van der Waals surface area contributed by atoms with Gasteiger partial charge in [0.05, 0.1) is 0 Å². The summed E-state index contributed by atoms with van der Waals surface area (Å²) < 4.78 is 16.1. The number of esters is 1. The van der Waals surface area contributed by atoms with Gasteiger partial charge in [0.2, 0.25) is 0 Å². The molecule has 1 atom stereocenters. The molecule has 27 heavy (non-hydrogen) atoms. The zero-order valence-electron chi connectivity index (χ0n) is 14.6. The molecule has 0 saturated heterocycles. The Labute approximate surface area is 161 Å². The van der Waals surface area contributed by atoms with Gasteiger partial charge in [0.1, 0.15) is 13.2 Å². The van der Waals surface area contributed by atoms with Crippen LogP contribution in [0.4, 0.5) is 5.69 Å². The molecule has 1 heterocycles. The topological polar surface area (TPSA) is 73.9 Å². The van der Waals surface area contributed by atoms with Crippen molar-refractivity contribution in [3.63, 3.8) is 0 Å². The Kier molecular flexibility index (Phi) is 5.98. The van der Waals surface area contributed by atoms with Crippen LogP contribution in [0.5, 0.6) is 11.5 Å². The minimum atomic E-state index is -0.957. The van der Waals surface area contributed by atoms with E-state index in [1.165, 1.54) is 13.0 Å². The standard InChI is InChI=1S/C20H18ClNO5/c1-13(20(24)22-16-4-2-3-15(21)12-16)27-19(23)8-6-14-5-7-17-18(11-14)26-10-9-25-17/h2-8,11-13H,9-10H2,1H3,(H,22,24)/b8-6+/t13-/m0/s1. The lowest BCUT2D eigenvalue weighted by Crippen LogP contribution is -2.29. The average Bonchev–Trinajstić information content (AvgIpc) is 2.66. The van der Waals surface area contributed by atoms with E-state index in [-0.39, 0.29) is 0 Å². The van der Waals surface area contributed by atoms with Gasteiger partial charge < -0.3 is 19.5 Å². The van der Waals surface area contributed by atoms with Gasteiger partial charge in [-0.2, -0.15) is 0 Å². The zero-order chi connectivity index (χ0) is 19.2. The van der Waals surface area contributed by atoms with Crippen LogP contribution in [-0.2, 0) is 14.3 Å². The fraction of sp³-hybridized carbons (Fsp3) is 0.200. The van der Waals surface area contributed by atoms with Gasteiger partial charge in [-0.1, -0.05) is 23.7 Å². The number of fused-ring (bicyclic) bond motifs is 1. The summed E-state index contributed by atoms with van der Waals surface area (Å²) in [7, 11) is 0. The first-order valence-electron chi connectivity index (χ1n) is 8.36. The Morgan fingerprint density at radius 3 is 2.70 bits per heavy atom. The van der Waals surface area contributed by atoms with Gasteiger partial charge >= 0.3 is 5.97 Å². The molecule has 0 saturated carbocycles. The van der Waals surface area contributed by atoms with E-state index >= 15 is 0 Å². The highest BCUT2D eigenvalue weighted by atomic mass is 35.5. The van der Waals surface area contributed by atoms with Crippen molar-refractivity contribution < 1.29 is 23.8 Å². The molecule has 0 radical (unpaired) electrons. The molecule has 0 fully saturated rings. The number of ether oxygens (including phenoxy) is 3. The molecule has 0 bridgehead atoms. The highest BCUT2D eigenvalue weighted by molar-refractivity contribution is 6.30. The maximum absolute atomic E-state index is 12.1. The van der Waals surface area contributed by atoms with E-state index in [0.717, 1.165) is 5.56 Å². The molecular formula is C20H18ClNO5. The summed E-state index contributed by atoms with van der Waals surface area (Å²) in [6.07, 6.45) is 1.89. The van der Waals surface area contributed by atoms with Crippen molar-refractivity contribution in [2.45, 2.75) is 13.0 Å². The molecule has 3 rings (SSSR count). The first-order chi connectivity index (χ1) is 13.0. The second-order valence-corrected chi connectivity index (χ2v) is 6.25. The number of anilines is 1. The molecule has 140 valence electrons. The molecule has 0 unspecified atom stereocenters. The summed E-state index contributed by atoms with van der Waals surface area (Å²) in [4.78, 5) is 24.1. The monoisotopic (exact) mass is 387 g/mol. The number of hydrogen-bond acceptors (Lipinski definition) is 5. The van der Waals surface area contributed by atoms with Crippen molar-refractivity contribution >= 4 is 35.2 Å². The molecule has 1 amide bonds. The van der Waals surface area contributed by atoms with Gasteiger partial charge in [-0.25, -0.2) is 4.79 Å². The quantitative estimate of drug-likeness (QED) is 0.625. The molecular weight excluding hydrogens is 370 g/mol. The number of rotatable bonds is 5. The Bertz CT molecular complexity index is 880. The predicted molar refractivity (Wildman–Crippen MR) is 102 cm³/mol. The van der Waals surface area contributed by atoms with Gasteiger partial charge in [-0.15, -0.1) is 0 Å². The normalized spacial score (nSPS) is 13.9. The summed E-state index contributed by atoms with van der Waals surface area (Å²) in [5, 5.41) is 3.14. The minimum absolute atomic E-state index is 0.446. The minimum Gasteiger partial charge on any atom is -0.486 e. The SMILES string of the molecule is C[C@H](OC(=O)/C=C/c1ccc2c(c1)OCCO2)C(=O)Nc1cccc(Cl)c1. The van der Waals surface area contributed by atoms with Gasteiger partial charge in [-0.05, 0) is 48.9 Å². The molecule has 0 spiro atoms. The first-order valence-corrected chi connectivity index (χ1v) is 8.74. The molecule has 2 aromatic rings. The largest absolute Gasteiger partial charge is 0.486 e. The van der Waals surface area contributed by atoms with Crippen molar-refractivity contribution in [2.75, 3.05) is 18.5 Å². The molecule has 6 nitrogen and oxygen atoms in total. The number of amides is 1. The molecule has 1 aliphatic rings. The first kappa shape index (κ1) is 18.8. The van der Waals surface area contributed by atoms with Gasteiger partial charge in [0, 0.05) is 16.8 Å². The van der Waals surface area contributed by atoms with Crippen molar-refractivity contribution in [1.82, 2.24) is 0 Å². The Morgan fingerprint density at radius 2 is 1.93 bits per heavy atom. The third-order valence-corrected chi connectivity index (χ3v) is 3.97. The van der Waals surface area contributed by atoms with Crippen LogP contribution in [0, 0.1) is 0 Å². The lowest BCUT2D eigenvalue weighted by molar-refractivity contribution is -0.148. The molecule has 0 aromatic heterocycles. The summed E-state index contributed by atoms with van der Waals surface area (Å²) in [6.45, 7) is 2.50. The second kappa shape index (κ2) is 8.60. The number of benzene rings is 2. The Balaban J connectivity index is 1.55. The van der Waals surface area contributed by atoms with Crippen LogP contribution in [0.25, 0.3) is 6.08 Å². The van der Waals surface area contributed by atoms with E-state index in [0.29, 0.717) is 35.4 Å². The summed E-state index contributed by atoms with van der Waals surface area (Å²) >= 11 is 5.87. The Morgan fingerprint density at radius 1 is 1.15 bits per heavy atom. The number of carbonyl (C=O) groups excluding carboxylic acids is 2. The smallest absolute Gasteiger partial charge is 0.331 e.